The highest BCUT2D eigenvalue weighted by molar-refractivity contribution is 5.72. The average molecular weight is 349 g/mol. The van der Waals surface area contributed by atoms with Gasteiger partial charge in [-0.15, -0.1) is 0 Å². The fraction of sp³-hybridized carbons (Fsp3) is 0.688. The highest BCUT2D eigenvalue weighted by Gasteiger charge is 2.40. The molecule has 1 saturated heterocycles. The van der Waals surface area contributed by atoms with Crippen LogP contribution < -0.4 is 11.4 Å². The molecule has 1 aliphatic heterocycles. The summed E-state index contributed by atoms with van der Waals surface area (Å²) >= 11 is 0. The number of nitrogen functional groups attached to an aromatic ring is 1. The van der Waals surface area contributed by atoms with Crippen molar-refractivity contribution in [2.24, 2.45) is 5.92 Å². The van der Waals surface area contributed by atoms with E-state index in [-0.39, 0.29) is 18.1 Å². The zero-order valence-electron chi connectivity index (χ0n) is 14.1. The number of aliphatic hydroxyl groups excluding tert-OH is 2. The van der Waals surface area contributed by atoms with Gasteiger partial charge in [-0.25, -0.2) is 14.3 Å². The van der Waals surface area contributed by atoms with Gasteiger partial charge in [0.15, 0.2) is 11.9 Å². The Morgan fingerprint density at radius 2 is 2.24 bits per heavy atom. The maximum atomic E-state index is 13.0. The van der Waals surface area contributed by atoms with Crippen LogP contribution in [0.5, 0.6) is 0 Å². The molecule has 9 nitrogen and oxygen atoms in total. The van der Waals surface area contributed by atoms with Crippen LogP contribution in [-0.2, 0) is 11.3 Å². The Labute approximate surface area is 144 Å². The molecule has 0 spiro atoms. The molecule has 2 fully saturated rings. The fourth-order valence-corrected chi connectivity index (χ4v) is 3.46. The number of hydrogen-bond donors (Lipinski definition) is 3. The van der Waals surface area contributed by atoms with Gasteiger partial charge in [-0.2, -0.15) is 4.98 Å². The van der Waals surface area contributed by atoms with Crippen molar-refractivity contribution in [3.8, 4) is 0 Å². The van der Waals surface area contributed by atoms with Gasteiger partial charge in [-0.05, 0) is 25.2 Å². The maximum absolute atomic E-state index is 13.0. The molecule has 0 aromatic carbocycles. The van der Waals surface area contributed by atoms with Crippen LogP contribution in [0.1, 0.15) is 38.8 Å². The Hall–Kier alpha value is -1.97. The minimum atomic E-state index is -0.903. The summed E-state index contributed by atoms with van der Waals surface area (Å²) in [6, 6.07) is 0. The second kappa shape index (κ2) is 6.08. The molecule has 25 heavy (non-hydrogen) atoms. The SMILES string of the molecule is CC[C@H](O)[C@@H]1C[C@@H](O)[C@H](n2c(=O)n(CC3CC3)c3cnc(N)nc32)O1. The first-order chi connectivity index (χ1) is 12.0. The zero-order chi connectivity index (χ0) is 17.7. The van der Waals surface area contributed by atoms with E-state index < -0.39 is 24.5 Å². The van der Waals surface area contributed by atoms with E-state index in [9.17, 15) is 15.0 Å². The summed E-state index contributed by atoms with van der Waals surface area (Å²) in [6.07, 6.45) is 1.52. The quantitative estimate of drug-likeness (QED) is 0.693. The van der Waals surface area contributed by atoms with Crippen LogP contribution in [-0.4, -0.2) is 47.6 Å². The first-order valence-corrected chi connectivity index (χ1v) is 8.74. The fourth-order valence-electron chi connectivity index (χ4n) is 3.46. The Morgan fingerprint density at radius 1 is 1.48 bits per heavy atom. The summed E-state index contributed by atoms with van der Waals surface area (Å²) in [6.45, 7) is 2.44. The molecule has 2 aromatic heterocycles. The Morgan fingerprint density at radius 3 is 2.92 bits per heavy atom. The van der Waals surface area contributed by atoms with Crippen LogP contribution in [0.25, 0.3) is 11.2 Å². The van der Waals surface area contributed by atoms with Crippen molar-refractivity contribution in [2.75, 3.05) is 5.73 Å². The summed E-state index contributed by atoms with van der Waals surface area (Å²) in [7, 11) is 0. The standard InChI is InChI=1S/C16H23N5O4/c1-2-10(22)12-5-11(23)14(25-12)21-13-9(6-18-15(17)19-13)20(16(21)24)7-8-3-4-8/h6,8,10-12,14,22-23H,2-5,7H2,1H3,(H2,17,18,19)/t10-,11+,12-,14+/m0/s1. The molecule has 0 radical (unpaired) electrons. The van der Waals surface area contributed by atoms with Crippen molar-refractivity contribution in [2.45, 2.75) is 63.7 Å². The van der Waals surface area contributed by atoms with E-state index in [4.69, 9.17) is 10.5 Å². The number of nitrogens with two attached hydrogens (primary N) is 1. The molecule has 0 bridgehead atoms. The van der Waals surface area contributed by atoms with Crippen molar-refractivity contribution < 1.29 is 14.9 Å². The number of aromatic nitrogens is 4. The predicted octanol–water partition coefficient (Wildman–Crippen LogP) is 0.00450. The van der Waals surface area contributed by atoms with E-state index in [1.165, 1.54) is 10.8 Å². The molecule has 3 heterocycles. The summed E-state index contributed by atoms with van der Waals surface area (Å²) in [4.78, 5) is 21.2. The van der Waals surface area contributed by atoms with Crippen molar-refractivity contribution >= 4 is 17.1 Å². The van der Waals surface area contributed by atoms with Crippen molar-refractivity contribution in [3.63, 3.8) is 0 Å². The predicted molar refractivity (Wildman–Crippen MR) is 89.8 cm³/mol. The Bertz CT molecular complexity index is 843. The van der Waals surface area contributed by atoms with Gasteiger partial charge in [0.2, 0.25) is 5.95 Å². The highest BCUT2D eigenvalue weighted by atomic mass is 16.5. The number of aliphatic hydroxyl groups is 2. The molecule has 1 saturated carbocycles. The second-order valence-corrected chi connectivity index (χ2v) is 6.99. The molecule has 4 N–H and O–H groups in total. The first kappa shape index (κ1) is 16.5. The van der Waals surface area contributed by atoms with E-state index in [0.717, 1.165) is 12.8 Å². The number of imidazole rings is 1. The minimum absolute atomic E-state index is 0.0578. The van der Waals surface area contributed by atoms with Gasteiger partial charge in [0.25, 0.3) is 0 Å². The number of fused-ring (bicyclic) bond motifs is 1. The Balaban J connectivity index is 1.79. The van der Waals surface area contributed by atoms with Crippen LogP contribution in [0.2, 0.25) is 0 Å². The molecule has 2 aromatic rings. The molecule has 9 heteroatoms. The second-order valence-electron chi connectivity index (χ2n) is 6.99. The molecule has 0 amide bonds. The lowest BCUT2D eigenvalue weighted by Crippen LogP contribution is -2.32. The topological polar surface area (TPSA) is 128 Å². The van der Waals surface area contributed by atoms with Crippen LogP contribution in [0.4, 0.5) is 5.95 Å². The number of ether oxygens (including phenoxy) is 1. The third-order valence-electron chi connectivity index (χ3n) is 5.08. The summed E-state index contributed by atoms with van der Waals surface area (Å²) in [5.41, 5.74) is 6.35. The number of anilines is 1. The monoisotopic (exact) mass is 349 g/mol. The van der Waals surface area contributed by atoms with Crippen molar-refractivity contribution in [1.82, 2.24) is 19.1 Å². The molecular formula is C16H23N5O4. The Kier molecular flexibility index (Phi) is 4.01. The van der Waals surface area contributed by atoms with Gasteiger partial charge in [0.1, 0.15) is 11.6 Å². The van der Waals surface area contributed by atoms with E-state index in [1.807, 2.05) is 6.92 Å². The highest BCUT2D eigenvalue weighted by Crippen LogP contribution is 2.34. The van der Waals surface area contributed by atoms with Gasteiger partial charge in [-0.3, -0.25) is 4.57 Å². The van der Waals surface area contributed by atoms with Crippen LogP contribution in [0, 0.1) is 5.92 Å². The van der Waals surface area contributed by atoms with Gasteiger partial charge >= 0.3 is 5.69 Å². The van der Waals surface area contributed by atoms with E-state index in [2.05, 4.69) is 9.97 Å². The van der Waals surface area contributed by atoms with E-state index in [1.54, 1.807) is 4.57 Å². The zero-order valence-corrected chi connectivity index (χ0v) is 14.1. The number of hydrogen-bond acceptors (Lipinski definition) is 7. The summed E-state index contributed by atoms with van der Waals surface area (Å²) in [5, 5.41) is 20.5. The van der Waals surface area contributed by atoms with Crippen LogP contribution >= 0.6 is 0 Å². The maximum Gasteiger partial charge on any atom is 0.332 e. The molecule has 4 rings (SSSR count). The number of rotatable bonds is 5. The third kappa shape index (κ3) is 2.82. The molecule has 1 aliphatic carbocycles. The van der Waals surface area contributed by atoms with Gasteiger partial charge in [0, 0.05) is 13.0 Å². The molecule has 136 valence electrons. The lowest BCUT2D eigenvalue weighted by molar-refractivity contribution is -0.0760. The lowest BCUT2D eigenvalue weighted by Gasteiger charge is -2.18. The molecule has 4 atom stereocenters. The summed E-state index contributed by atoms with van der Waals surface area (Å²) in [5.74, 6) is 0.542. The third-order valence-corrected chi connectivity index (χ3v) is 5.08. The molecular weight excluding hydrogens is 326 g/mol. The summed E-state index contributed by atoms with van der Waals surface area (Å²) < 4.78 is 8.80. The molecule has 2 aliphatic rings. The van der Waals surface area contributed by atoms with Gasteiger partial charge in [0.05, 0.1) is 18.4 Å². The average Bonchev–Trinajstić information content (AvgIpc) is 3.28. The van der Waals surface area contributed by atoms with Gasteiger partial charge in [-0.1, -0.05) is 6.92 Å². The lowest BCUT2D eigenvalue weighted by atomic mass is 10.1. The van der Waals surface area contributed by atoms with Crippen LogP contribution in [0.3, 0.4) is 0 Å². The smallest absolute Gasteiger partial charge is 0.332 e. The van der Waals surface area contributed by atoms with Crippen molar-refractivity contribution in [3.05, 3.63) is 16.7 Å². The number of nitrogens with zero attached hydrogens (tertiary/aromatic N) is 4. The first-order valence-electron chi connectivity index (χ1n) is 8.74. The van der Waals surface area contributed by atoms with Crippen LogP contribution in [0.15, 0.2) is 11.0 Å². The normalized spacial score (nSPS) is 27.9. The van der Waals surface area contributed by atoms with Crippen molar-refractivity contribution in [1.29, 1.82) is 0 Å². The van der Waals surface area contributed by atoms with E-state index >= 15 is 0 Å². The molecule has 0 unspecified atom stereocenters. The largest absolute Gasteiger partial charge is 0.390 e. The van der Waals surface area contributed by atoms with E-state index in [0.29, 0.717) is 30.0 Å². The minimum Gasteiger partial charge on any atom is -0.390 e. The van der Waals surface area contributed by atoms with Gasteiger partial charge < -0.3 is 20.7 Å².